The van der Waals surface area contributed by atoms with Gasteiger partial charge in [-0.3, -0.25) is 4.79 Å². The molecule has 144 valence electrons. The van der Waals surface area contributed by atoms with E-state index >= 15 is 0 Å². The molecule has 6 nitrogen and oxygen atoms in total. The molecule has 3 aromatic rings. The molecule has 2 aromatic heterocycles. The molecule has 8 heteroatoms. The van der Waals surface area contributed by atoms with E-state index in [1.807, 2.05) is 24.1 Å². The van der Waals surface area contributed by atoms with Gasteiger partial charge in [0.15, 0.2) is 5.82 Å². The minimum absolute atomic E-state index is 0.0977. The number of halogens is 1. The molecule has 1 aromatic carbocycles. The third-order valence-electron chi connectivity index (χ3n) is 5.05. The lowest BCUT2D eigenvalue weighted by Crippen LogP contribution is -2.46. The van der Waals surface area contributed by atoms with Crippen LogP contribution in [0.2, 0.25) is 0 Å². The number of thiazole rings is 1. The van der Waals surface area contributed by atoms with Gasteiger partial charge in [0.2, 0.25) is 0 Å². The van der Waals surface area contributed by atoms with Gasteiger partial charge in [-0.25, -0.2) is 9.37 Å². The Bertz CT molecular complexity index is 956. The Hall–Kier alpha value is -2.87. The van der Waals surface area contributed by atoms with Crippen molar-refractivity contribution in [1.29, 1.82) is 0 Å². The molecule has 1 saturated heterocycles. The van der Waals surface area contributed by atoms with Gasteiger partial charge in [0, 0.05) is 43.3 Å². The Balaban J connectivity index is 1.40. The van der Waals surface area contributed by atoms with Gasteiger partial charge in [-0.2, -0.15) is 5.10 Å². The minimum atomic E-state index is -0.330. The van der Waals surface area contributed by atoms with Crippen molar-refractivity contribution >= 4 is 23.1 Å². The molecule has 0 saturated carbocycles. The number of carbonyl (C=O) groups is 1. The normalized spacial score (nSPS) is 14.9. The van der Waals surface area contributed by atoms with Crippen molar-refractivity contribution < 1.29 is 9.18 Å². The van der Waals surface area contributed by atoms with Crippen molar-refractivity contribution in [3.05, 3.63) is 59.5 Å². The molecule has 0 atom stereocenters. The molecule has 1 fully saturated rings. The van der Waals surface area contributed by atoms with Crippen LogP contribution in [-0.4, -0.2) is 52.2 Å². The number of nitrogens with zero attached hydrogens (tertiary/aromatic N) is 5. The van der Waals surface area contributed by atoms with Crippen molar-refractivity contribution in [3.63, 3.8) is 0 Å². The van der Waals surface area contributed by atoms with E-state index < -0.39 is 0 Å². The molecule has 3 heterocycles. The standard InChI is InChI=1S/C20H20FN5OS/c1-25(18-7-4-10-22-24-18)14-8-11-26(12-9-14)20(27)17-13-28-19(23-17)15-5-2-3-6-16(15)21/h2-7,10,13-14H,8-9,11-12H2,1H3. The largest absolute Gasteiger partial charge is 0.355 e. The molecule has 0 N–H and O–H groups in total. The summed E-state index contributed by atoms with van der Waals surface area (Å²) in [6.07, 6.45) is 3.36. The lowest BCUT2D eigenvalue weighted by Gasteiger charge is -2.36. The van der Waals surface area contributed by atoms with Crippen LogP contribution in [0.1, 0.15) is 23.3 Å². The summed E-state index contributed by atoms with van der Waals surface area (Å²) in [5, 5.41) is 10.3. The first-order valence-electron chi connectivity index (χ1n) is 9.13. The number of carbonyl (C=O) groups excluding carboxylic acids is 1. The van der Waals surface area contributed by atoms with Crippen LogP contribution in [0.3, 0.4) is 0 Å². The molecular formula is C20H20FN5OS. The zero-order chi connectivity index (χ0) is 19.5. The van der Waals surface area contributed by atoms with Gasteiger partial charge >= 0.3 is 0 Å². The first kappa shape index (κ1) is 18.5. The Morgan fingerprint density at radius 3 is 2.71 bits per heavy atom. The van der Waals surface area contributed by atoms with E-state index in [1.165, 1.54) is 17.4 Å². The maximum atomic E-state index is 14.0. The number of rotatable bonds is 4. The van der Waals surface area contributed by atoms with Crippen molar-refractivity contribution in [2.45, 2.75) is 18.9 Å². The number of aromatic nitrogens is 3. The van der Waals surface area contributed by atoms with E-state index in [9.17, 15) is 9.18 Å². The second kappa shape index (κ2) is 8.02. The first-order valence-corrected chi connectivity index (χ1v) is 10.0. The lowest BCUT2D eigenvalue weighted by molar-refractivity contribution is 0.0708. The van der Waals surface area contributed by atoms with Crippen LogP contribution in [0.25, 0.3) is 10.6 Å². The Kier molecular flexibility index (Phi) is 5.29. The summed E-state index contributed by atoms with van der Waals surface area (Å²) in [6, 6.07) is 10.6. The molecule has 1 amide bonds. The third kappa shape index (κ3) is 3.73. The average Bonchev–Trinajstić information content (AvgIpc) is 3.24. The number of piperidine rings is 1. The molecule has 0 aliphatic carbocycles. The van der Waals surface area contributed by atoms with E-state index in [-0.39, 0.29) is 11.7 Å². The first-order chi connectivity index (χ1) is 13.6. The fourth-order valence-corrected chi connectivity index (χ4v) is 4.24. The van der Waals surface area contributed by atoms with Gasteiger partial charge in [-0.15, -0.1) is 16.4 Å². The average molecular weight is 397 g/mol. The fraction of sp³-hybridized carbons (Fsp3) is 0.300. The third-order valence-corrected chi connectivity index (χ3v) is 5.92. The topological polar surface area (TPSA) is 62.2 Å². The van der Waals surface area contributed by atoms with Gasteiger partial charge in [-0.05, 0) is 37.1 Å². The molecule has 1 aliphatic rings. The smallest absolute Gasteiger partial charge is 0.273 e. The molecule has 1 aliphatic heterocycles. The molecule has 4 rings (SSSR count). The highest BCUT2D eigenvalue weighted by molar-refractivity contribution is 7.13. The van der Waals surface area contributed by atoms with Gasteiger partial charge < -0.3 is 9.80 Å². The zero-order valence-corrected chi connectivity index (χ0v) is 16.3. The van der Waals surface area contributed by atoms with Gasteiger partial charge in [0.25, 0.3) is 5.91 Å². The van der Waals surface area contributed by atoms with Crippen molar-refractivity contribution in [2.24, 2.45) is 0 Å². The molecular weight excluding hydrogens is 377 g/mol. The predicted molar refractivity (Wildman–Crippen MR) is 107 cm³/mol. The summed E-state index contributed by atoms with van der Waals surface area (Å²) in [5.41, 5.74) is 0.805. The molecule has 0 spiro atoms. The lowest BCUT2D eigenvalue weighted by atomic mass is 10.0. The highest BCUT2D eigenvalue weighted by Crippen LogP contribution is 2.27. The summed E-state index contributed by atoms with van der Waals surface area (Å²) in [4.78, 5) is 21.1. The fourth-order valence-electron chi connectivity index (χ4n) is 3.42. The number of likely N-dealkylation sites (tertiary alicyclic amines) is 1. The van der Waals surface area contributed by atoms with E-state index in [0.29, 0.717) is 35.4 Å². The number of benzene rings is 1. The molecule has 0 radical (unpaired) electrons. The van der Waals surface area contributed by atoms with Crippen LogP contribution in [0, 0.1) is 5.82 Å². The Morgan fingerprint density at radius 1 is 1.21 bits per heavy atom. The highest BCUT2D eigenvalue weighted by atomic mass is 32.1. The van der Waals surface area contributed by atoms with Gasteiger partial charge in [0.1, 0.15) is 16.5 Å². The van der Waals surface area contributed by atoms with E-state index in [0.717, 1.165) is 18.7 Å². The monoisotopic (exact) mass is 397 g/mol. The van der Waals surface area contributed by atoms with Crippen molar-refractivity contribution in [1.82, 2.24) is 20.1 Å². The maximum Gasteiger partial charge on any atom is 0.273 e. The number of hydrogen-bond acceptors (Lipinski definition) is 6. The maximum absolute atomic E-state index is 14.0. The summed E-state index contributed by atoms with van der Waals surface area (Å²) in [6.45, 7) is 1.31. The van der Waals surface area contributed by atoms with Crippen LogP contribution in [0.15, 0.2) is 48.0 Å². The van der Waals surface area contributed by atoms with E-state index in [1.54, 1.807) is 29.8 Å². The van der Waals surface area contributed by atoms with Crippen LogP contribution >= 0.6 is 11.3 Å². The number of anilines is 1. The van der Waals surface area contributed by atoms with Crippen molar-refractivity contribution in [3.8, 4) is 10.6 Å². The van der Waals surface area contributed by atoms with Crippen LogP contribution in [-0.2, 0) is 0 Å². The minimum Gasteiger partial charge on any atom is -0.355 e. The molecule has 28 heavy (non-hydrogen) atoms. The SMILES string of the molecule is CN(c1cccnn1)C1CCN(C(=O)c2csc(-c3ccccc3F)n2)CC1. The van der Waals surface area contributed by atoms with Crippen molar-refractivity contribution in [2.75, 3.05) is 25.0 Å². The van der Waals surface area contributed by atoms with Gasteiger partial charge in [0.05, 0.1) is 0 Å². The summed E-state index contributed by atoms with van der Waals surface area (Å²) in [5.74, 6) is 0.407. The summed E-state index contributed by atoms with van der Waals surface area (Å²) >= 11 is 1.29. The van der Waals surface area contributed by atoms with Gasteiger partial charge in [-0.1, -0.05) is 12.1 Å². The van der Waals surface area contributed by atoms with Crippen LogP contribution < -0.4 is 4.90 Å². The Labute approximate surface area is 166 Å². The number of hydrogen-bond donors (Lipinski definition) is 0. The molecule has 0 unspecified atom stereocenters. The highest BCUT2D eigenvalue weighted by Gasteiger charge is 2.28. The second-order valence-electron chi connectivity index (χ2n) is 6.73. The molecule has 0 bridgehead atoms. The predicted octanol–water partition coefficient (Wildman–Crippen LogP) is 3.48. The second-order valence-corrected chi connectivity index (χ2v) is 7.59. The summed E-state index contributed by atoms with van der Waals surface area (Å²) < 4.78 is 14.0. The quantitative estimate of drug-likeness (QED) is 0.675. The van der Waals surface area contributed by atoms with Crippen LogP contribution in [0.4, 0.5) is 10.2 Å². The summed E-state index contributed by atoms with van der Waals surface area (Å²) in [7, 11) is 2.01. The number of amides is 1. The zero-order valence-electron chi connectivity index (χ0n) is 15.5. The van der Waals surface area contributed by atoms with E-state index in [2.05, 4.69) is 20.1 Å². The van der Waals surface area contributed by atoms with Crippen LogP contribution in [0.5, 0.6) is 0 Å². The Morgan fingerprint density at radius 2 is 2.00 bits per heavy atom. The van der Waals surface area contributed by atoms with E-state index in [4.69, 9.17) is 0 Å².